The van der Waals surface area contributed by atoms with Gasteiger partial charge in [-0.2, -0.15) is 5.10 Å². The topological polar surface area (TPSA) is 60.0 Å². The summed E-state index contributed by atoms with van der Waals surface area (Å²) < 4.78 is 24.6. The normalized spacial score (nSPS) is 17.1. The standard InChI is InChI=1S/C11H13N5/c1-15-5-7-6-16(2)14-9(7)8-3-4-13-11(12)10(8)15/h3-4,6H,5H2,1-2H3,(H2,12,13)/i1D3. The van der Waals surface area contributed by atoms with Crippen molar-refractivity contribution in [3.63, 3.8) is 0 Å². The Kier molecular flexibility index (Phi) is 1.21. The lowest BCUT2D eigenvalue weighted by Gasteiger charge is -2.27. The van der Waals surface area contributed by atoms with E-state index in [1.54, 1.807) is 16.9 Å². The molecule has 0 spiro atoms. The first-order valence-electron chi connectivity index (χ1n) is 6.43. The predicted octanol–water partition coefficient (Wildman–Crippen LogP) is 1.01. The Morgan fingerprint density at radius 2 is 2.44 bits per heavy atom. The first kappa shape index (κ1) is 6.52. The van der Waals surface area contributed by atoms with Crippen LogP contribution in [0.1, 0.15) is 9.68 Å². The van der Waals surface area contributed by atoms with Crippen LogP contribution in [0.5, 0.6) is 0 Å². The highest BCUT2D eigenvalue weighted by Gasteiger charge is 2.24. The van der Waals surface area contributed by atoms with Gasteiger partial charge in [-0.15, -0.1) is 0 Å². The van der Waals surface area contributed by atoms with Crippen LogP contribution in [0.4, 0.5) is 11.5 Å². The summed E-state index contributed by atoms with van der Waals surface area (Å²) >= 11 is 0. The molecule has 2 N–H and O–H groups in total. The summed E-state index contributed by atoms with van der Waals surface area (Å²) in [6.45, 7) is -2.01. The number of nitrogen functional groups attached to an aromatic ring is 1. The maximum atomic E-state index is 7.65. The van der Waals surface area contributed by atoms with Gasteiger partial charge in [-0.25, -0.2) is 4.98 Å². The molecule has 1 aliphatic heterocycles. The Hall–Kier alpha value is -2.04. The van der Waals surface area contributed by atoms with E-state index >= 15 is 0 Å². The van der Waals surface area contributed by atoms with Crippen molar-refractivity contribution in [2.24, 2.45) is 7.05 Å². The van der Waals surface area contributed by atoms with Crippen LogP contribution in [0.3, 0.4) is 0 Å². The molecular formula is C11H13N5. The van der Waals surface area contributed by atoms with Gasteiger partial charge in [0.05, 0.1) is 11.4 Å². The van der Waals surface area contributed by atoms with Crippen LogP contribution in [0, 0.1) is 0 Å². The second kappa shape index (κ2) is 2.98. The summed E-state index contributed by atoms with van der Waals surface area (Å²) in [5.74, 6) is 0.213. The second-order valence-electron chi connectivity index (χ2n) is 3.86. The minimum atomic E-state index is -2.26. The molecule has 5 nitrogen and oxygen atoms in total. The smallest absolute Gasteiger partial charge is 0.147 e. The van der Waals surface area contributed by atoms with Crippen molar-refractivity contribution in [2.75, 3.05) is 17.6 Å². The number of hydrogen-bond donors (Lipinski definition) is 1. The molecule has 0 saturated heterocycles. The molecule has 0 fully saturated rings. The van der Waals surface area contributed by atoms with Crippen LogP contribution in [-0.4, -0.2) is 21.7 Å². The highest BCUT2D eigenvalue weighted by atomic mass is 15.3. The Morgan fingerprint density at radius 1 is 1.56 bits per heavy atom. The highest BCUT2D eigenvalue weighted by molar-refractivity contribution is 5.86. The summed E-state index contributed by atoms with van der Waals surface area (Å²) in [6.07, 6.45) is 3.39. The zero-order valence-electron chi connectivity index (χ0n) is 11.8. The van der Waals surface area contributed by atoms with Crippen molar-refractivity contribution >= 4 is 11.5 Å². The van der Waals surface area contributed by atoms with Gasteiger partial charge in [-0.05, 0) is 6.07 Å². The number of nitrogens with zero attached hydrogens (tertiary/aromatic N) is 4. The van der Waals surface area contributed by atoms with Gasteiger partial charge in [0.1, 0.15) is 5.82 Å². The predicted molar refractivity (Wildman–Crippen MR) is 63.0 cm³/mol. The van der Waals surface area contributed by atoms with E-state index in [4.69, 9.17) is 9.85 Å². The van der Waals surface area contributed by atoms with Crippen LogP contribution in [0.15, 0.2) is 18.5 Å². The molecule has 1 aliphatic rings. The molecule has 82 valence electrons. The summed E-state index contributed by atoms with van der Waals surface area (Å²) in [7, 11) is 1.81. The van der Waals surface area contributed by atoms with Crippen LogP contribution >= 0.6 is 0 Å². The SMILES string of the molecule is [2H]C([2H])([2H])N1Cc2cn(C)nc2-c2ccnc(N)c21. The van der Waals surface area contributed by atoms with Crippen molar-refractivity contribution in [3.8, 4) is 11.3 Å². The lowest BCUT2D eigenvalue weighted by molar-refractivity contribution is 0.770. The fourth-order valence-corrected chi connectivity index (χ4v) is 2.07. The van der Waals surface area contributed by atoms with Gasteiger partial charge in [0.15, 0.2) is 0 Å². The van der Waals surface area contributed by atoms with Gasteiger partial charge < -0.3 is 10.6 Å². The number of hydrogen-bond acceptors (Lipinski definition) is 4. The lowest BCUT2D eigenvalue weighted by Crippen LogP contribution is -2.22. The van der Waals surface area contributed by atoms with E-state index in [-0.39, 0.29) is 12.4 Å². The molecule has 0 bridgehead atoms. The quantitative estimate of drug-likeness (QED) is 0.717. The minimum Gasteiger partial charge on any atom is -0.382 e. The lowest BCUT2D eigenvalue weighted by atomic mass is 10.0. The first-order chi connectivity index (χ1) is 8.88. The molecule has 2 aromatic rings. The molecule has 3 heterocycles. The molecule has 0 radical (unpaired) electrons. The minimum absolute atomic E-state index is 0.213. The van der Waals surface area contributed by atoms with Crippen LogP contribution < -0.4 is 10.6 Å². The average molecular weight is 218 g/mol. The zero-order valence-corrected chi connectivity index (χ0v) is 8.81. The fourth-order valence-electron chi connectivity index (χ4n) is 2.07. The first-order valence-corrected chi connectivity index (χ1v) is 4.93. The number of rotatable bonds is 0. The second-order valence-corrected chi connectivity index (χ2v) is 3.86. The highest BCUT2D eigenvalue weighted by Crippen LogP contribution is 2.39. The Morgan fingerprint density at radius 3 is 3.25 bits per heavy atom. The van der Waals surface area contributed by atoms with Crippen molar-refractivity contribution in [3.05, 3.63) is 24.0 Å². The average Bonchev–Trinajstić information content (AvgIpc) is 2.67. The summed E-state index contributed by atoms with van der Waals surface area (Å²) in [5.41, 5.74) is 8.65. The van der Waals surface area contributed by atoms with Gasteiger partial charge in [-0.3, -0.25) is 4.68 Å². The molecule has 3 rings (SSSR count). The van der Waals surface area contributed by atoms with E-state index in [0.29, 0.717) is 11.3 Å². The third-order valence-electron chi connectivity index (χ3n) is 2.71. The van der Waals surface area contributed by atoms with Crippen molar-refractivity contribution < 1.29 is 4.11 Å². The Balaban J connectivity index is 2.28. The monoisotopic (exact) mass is 218 g/mol. The number of nitrogens with two attached hydrogens (primary N) is 1. The molecule has 0 saturated carbocycles. The van der Waals surface area contributed by atoms with E-state index in [1.165, 1.54) is 4.90 Å². The molecule has 0 unspecified atom stereocenters. The van der Waals surface area contributed by atoms with E-state index in [1.807, 2.05) is 13.2 Å². The van der Waals surface area contributed by atoms with Gasteiger partial charge in [0, 0.05) is 48.2 Å². The zero-order chi connectivity index (χ0) is 13.8. The van der Waals surface area contributed by atoms with E-state index in [9.17, 15) is 0 Å². The van der Waals surface area contributed by atoms with Crippen molar-refractivity contribution in [2.45, 2.75) is 6.54 Å². The summed E-state index contributed by atoms with van der Waals surface area (Å²) in [4.78, 5) is 5.29. The van der Waals surface area contributed by atoms with Gasteiger partial charge in [0.2, 0.25) is 0 Å². The molecule has 0 aromatic carbocycles. The van der Waals surface area contributed by atoms with Crippen LogP contribution in [0.2, 0.25) is 0 Å². The van der Waals surface area contributed by atoms with Crippen molar-refractivity contribution in [1.29, 1.82) is 0 Å². The maximum absolute atomic E-state index is 7.65. The third-order valence-corrected chi connectivity index (χ3v) is 2.71. The van der Waals surface area contributed by atoms with Gasteiger partial charge >= 0.3 is 0 Å². The largest absolute Gasteiger partial charge is 0.382 e. The molecule has 0 aliphatic carbocycles. The molecule has 2 aromatic heterocycles. The van der Waals surface area contributed by atoms with Crippen molar-refractivity contribution in [1.82, 2.24) is 14.8 Å². The Labute approximate surface area is 97.7 Å². The van der Waals surface area contributed by atoms with E-state index < -0.39 is 6.98 Å². The van der Waals surface area contributed by atoms with E-state index in [0.717, 1.165) is 11.3 Å². The molecule has 5 heteroatoms. The third kappa shape index (κ3) is 1.11. The van der Waals surface area contributed by atoms with Crippen LogP contribution in [0.25, 0.3) is 11.3 Å². The number of aromatic nitrogens is 3. The number of fused-ring (bicyclic) bond motifs is 3. The number of pyridine rings is 1. The number of anilines is 2. The molecular weight excluding hydrogens is 202 g/mol. The molecule has 0 atom stereocenters. The van der Waals surface area contributed by atoms with Gasteiger partial charge in [0.25, 0.3) is 0 Å². The molecule has 0 amide bonds. The molecule has 16 heavy (non-hydrogen) atoms. The number of aryl methyl sites for hydroxylation is 1. The summed E-state index contributed by atoms with van der Waals surface area (Å²) in [6, 6.07) is 1.75. The van der Waals surface area contributed by atoms with Crippen LogP contribution in [-0.2, 0) is 13.6 Å². The fraction of sp³-hybridized carbons (Fsp3) is 0.273. The maximum Gasteiger partial charge on any atom is 0.147 e. The summed E-state index contributed by atoms with van der Waals surface area (Å²) in [5, 5.41) is 4.37. The van der Waals surface area contributed by atoms with E-state index in [2.05, 4.69) is 10.1 Å². The van der Waals surface area contributed by atoms with Gasteiger partial charge in [-0.1, -0.05) is 0 Å². The Bertz CT molecular complexity index is 646.